The molecular weight excluding hydrogens is 174 g/mol. The molecular formula is C12H21NO. The highest BCUT2D eigenvalue weighted by atomic mass is 16.3. The van der Waals surface area contributed by atoms with Crippen LogP contribution in [0.3, 0.4) is 0 Å². The second-order valence-electron chi connectivity index (χ2n) is 5.78. The second-order valence-corrected chi connectivity index (χ2v) is 5.78. The van der Waals surface area contributed by atoms with Gasteiger partial charge in [0.2, 0.25) is 0 Å². The van der Waals surface area contributed by atoms with Gasteiger partial charge in [0, 0.05) is 19.6 Å². The largest absolute Gasteiger partial charge is 0.392 e. The molecule has 1 aliphatic heterocycles. The maximum atomic E-state index is 9.81. The Morgan fingerprint density at radius 3 is 2.43 bits per heavy atom. The predicted octanol–water partition coefficient (Wildman–Crippen LogP) is 1.63. The standard InChI is InChI=1S/C12H21NO/c14-11(10-3-4-10)7-13-8-12(9-13)5-1-2-6-12/h10-11,14H,1-9H2. The molecule has 3 rings (SSSR count). The van der Waals surface area contributed by atoms with E-state index >= 15 is 0 Å². The monoisotopic (exact) mass is 195 g/mol. The van der Waals surface area contributed by atoms with Crippen LogP contribution < -0.4 is 0 Å². The summed E-state index contributed by atoms with van der Waals surface area (Å²) in [6.07, 6.45) is 8.29. The minimum absolute atomic E-state index is 0.0197. The minimum atomic E-state index is -0.0197. The molecule has 0 radical (unpaired) electrons. The average molecular weight is 195 g/mol. The maximum absolute atomic E-state index is 9.81. The van der Waals surface area contributed by atoms with Crippen LogP contribution in [0.5, 0.6) is 0 Å². The minimum Gasteiger partial charge on any atom is -0.392 e. The highest BCUT2D eigenvalue weighted by molar-refractivity contribution is 4.99. The van der Waals surface area contributed by atoms with Gasteiger partial charge in [0.15, 0.2) is 0 Å². The molecule has 14 heavy (non-hydrogen) atoms. The van der Waals surface area contributed by atoms with Crippen molar-refractivity contribution < 1.29 is 5.11 Å². The molecule has 1 saturated heterocycles. The second kappa shape index (κ2) is 3.21. The Hall–Kier alpha value is -0.0800. The Balaban J connectivity index is 1.44. The van der Waals surface area contributed by atoms with E-state index in [-0.39, 0.29) is 6.10 Å². The normalized spacial score (nSPS) is 33.2. The fourth-order valence-corrected chi connectivity index (χ4v) is 3.37. The van der Waals surface area contributed by atoms with E-state index in [1.807, 2.05) is 0 Å². The Morgan fingerprint density at radius 1 is 1.21 bits per heavy atom. The van der Waals surface area contributed by atoms with Gasteiger partial charge >= 0.3 is 0 Å². The number of nitrogens with zero attached hydrogens (tertiary/aromatic N) is 1. The number of hydrogen-bond donors (Lipinski definition) is 1. The van der Waals surface area contributed by atoms with Gasteiger partial charge in [0.25, 0.3) is 0 Å². The van der Waals surface area contributed by atoms with E-state index in [0.717, 1.165) is 6.54 Å². The number of aliphatic hydroxyl groups is 1. The molecule has 2 heteroatoms. The molecule has 1 unspecified atom stereocenters. The van der Waals surface area contributed by atoms with E-state index in [9.17, 15) is 5.11 Å². The molecule has 0 aromatic carbocycles. The molecule has 1 spiro atoms. The van der Waals surface area contributed by atoms with Crippen LogP contribution >= 0.6 is 0 Å². The molecule has 3 aliphatic rings. The van der Waals surface area contributed by atoms with Gasteiger partial charge < -0.3 is 5.11 Å². The molecule has 1 atom stereocenters. The predicted molar refractivity (Wildman–Crippen MR) is 56.1 cm³/mol. The lowest BCUT2D eigenvalue weighted by atomic mass is 9.78. The van der Waals surface area contributed by atoms with Crippen molar-refractivity contribution in [2.45, 2.75) is 44.6 Å². The summed E-state index contributed by atoms with van der Waals surface area (Å²) in [6, 6.07) is 0. The third-order valence-electron chi connectivity index (χ3n) is 4.39. The van der Waals surface area contributed by atoms with Crippen LogP contribution in [0, 0.1) is 11.3 Å². The van der Waals surface area contributed by atoms with Crippen molar-refractivity contribution in [2.75, 3.05) is 19.6 Å². The first kappa shape index (κ1) is 9.17. The van der Waals surface area contributed by atoms with Crippen LogP contribution in [0.1, 0.15) is 38.5 Å². The Labute approximate surface area is 86.3 Å². The summed E-state index contributed by atoms with van der Waals surface area (Å²) >= 11 is 0. The number of rotatable bonds is 3. The van der Waals surface area contributed by atoms with E-state index < -0.39 is 0 Å². The van der Waals surface area contributed by atoms with E-state index in [4.69, 9.17) is 0 Å². The van der Waals surface area contributed by atoms with Crippen LogP contribution in [-0.4, -0.2) is 35.7 Å². The van der Waals surface area contributed by atoms with Gasteiger partial charge in [-0.1, -0.05) is 12.8 Å². The van der Waals surface area contributed by atoms with E-state index in [0.29, 0.717) is 11.3 Å². The lowest BCUT2D eigenvalue weighted by Crippen LogP contribution is -2.56. The summed E-state index contributed by atoms with van der Waals surface area (Å²) in [5.74, 6) is 0.648. The molecule has 2 nitrogen and oxygen atoms in total. The lowest BCUT2D eigenvalue weighted by Gasteiger charge is -2.49. The summed E-state index contributed by atoms with van der Waals surface area (Å²) in [5.41, 5.74) is 0.698. The van der Waals surface area contributed by atoms with Crippen molar-refractivity contribution in [1.29, 1.82) is 0 Å². The average Bonchev–Trinajstić information content (AvgIpc) is 2.85. The summed E-state index contributed by atoms with van der Waals surface area (Å²) in [5, 5.41) is 9.81. The zero-order chi connectivity index (χ0) is 9.60. The Morgan fingerprint density at radius 2 is 1.86 bits per heavy atom. The first-order valence-corrected chi connectivity index (χ1v) is 6.18. The van der Waals surface area contributed by atoms with Gasteiger partial charge in [-0.2, -0.15) is 0 Å². The van der Waals surface area contributed by atoms with Gasteiger partial charge in [-0.25, -0.2) is 0 Å². The number of likely N-dealkylation sites (tertiary alicyclic amines) is 1. The topological polar surface area (TPSA) is 23.5 Å². The molecule has 0 amide bonds. The van der Waals surface area contributed by atoms with Crippen molar-refractivity contribution in [3.8, 4) is 0 Å². The van der Waals surface area contributed by atoms with Crippen molar-refractivity contribution in [3.05, 3.63) is 0 Å². The highest BCUT2D eigenvalue weighted by Crippen LogP contribution is 2.45. The van der Waals surface area contributed by atoms with Crippen LogP contribution in [0.25, 0.3) is 0 Å². The third-order valence-corrected chi connectivity index (χ3v) is 4.39. The van der Waals surface area contributed by atoms with Crippen molar-refractivity contribution in [2.24, 2.45) is 11.3 Å². The maximum Gasteiger partial charge on any atom is 0.0695 e. The summed E-state index contributed by atoms with van der Waals surface area (Å²) in [4.78, 5) is 2.47. The Kier molecular flexibility index (Phi) is 2.10. The molecule has 3 fully saturated rings. The highest BCUT2D eigenvalue weighted by Gasteiger charge is 2.45. The van der Waals surface area contributed by atoms with E-state index in [2.05, 4.69) is 4.90 Å². The SMILES string of the molecule is OC(CN1CC2(CCCC2)C1)C1CC1. The van der Waals surface area contributed by atoms with Crippen LogP contribution in [0.2, 0.25) is 0 Å². The molecule has 1 heterocycles. The van der Waals surface area contributed by atoms with Crippen molar-refractivity contribution in [3.63, 3.8) is 0 Å². The third kappa shape index (κ3) is 1.59. The van der Waals surface area contributed by atoms with Crippen molar-refractivity contribution in [1.82, 2.24) is 4.90 Å². The number of aliphatic hydroxyl groups excluding tert-OH is 1. The quantitative estimate of drug-likeness (QED) is 0.740. The molecule has 0 aromatic rings. The smallest absolute Gasteiger partial charge is 0.0695 e. The van der Waals surface area contributed by atoms with Gasteiger partial charge in [-0.05, 0) is 37.0 Å². The number of hydrogen-bond acceptors (Lipinski definition) is 2. The van der Waals surface area contributed by atoms with E-state index in [1.54, 1.807) is 0 Å². The number of β-amino-alcohol motifs (C(OH)–C–C–N with tert-alkyl or cyclic N) is 1. The Bertz CT molecular complexity index is 208. The molecule has 1 N–H and O–H groups in total. The first-order valence-electron chi connectivity index (χ1n) is 6.18. The zero-order valence-corrected chi connectivity index (χ0v) is 8.91. The fraction of sp³-hybridized carbons (Fsp3) is 1.00. The fourth-order valence-electron chi connectivity index (χ4n) is 3.37. The van der Waals surface area contributed by atoms with Crippen LogP contribution in [0.4, 0.5) is 0 Å². The molecule has 0 bridgehead atoms. The summed E-state index contributed by atoms with van der Waals surface area (Å²) in [7, 11) is 0. The van der Waals surface area contributed by atoms with Gasteiger partial charge in [0.05, 0.1) is 6.10 Å². The van der Waals surface area contributed by atoms with Crippen LogP contribution in [-0.2, 0) is 0 Å². The molecule has 80 valence electrons. The van der Waals surface area contributed by atoms with Gasteiger partial charge in [0.1, 0.15) is 0 Å². The van der Waals surface area contributed by atoms with Gasteiger partial charge in [-0.3, -0.25) is 4.90 Å². The summed E-state index contributed by atoms with van der Waals surface area (Å²) in [6.45, 7) is 3.50. The van der Waals surface area contributed by atoms with E-state index in [1.165, 1.54) is 51.6 Å². The summed E-state index contributed by atoms with van der Waals surface area (Å²) < 4.78 is 0. The first-order chi connectivity index (χ1) is 6.77. The van der Waals surface area contributed by atoms with Crippen molar-refractivity contribution >= 4 is 0 Å². The van der Waals surface area contributed by atoms with Crippen LogP contribution in [0.15, 0.2) is 0 Å². The molecule has 0 aromatic heterocycles. The van der Waals surface area contributed by atoms with Gasteiger partial charge in [-0.15, -0.1) is 0 Å². The zero-order valence-electron chi connectivity index (χ0n) is 8.91. The molecule has 2 saturated carbocycles. The lowest BCUT2D eigenvalue weighted by molar-refractivity contribution is -0.0276. The molecule has 2 aliphatic carbocycles.